The highest BCUT2D eigenvalue weighted by molar-refractivity contribution is 5.76. The number of nitrogens with one attached hydrogen (secondary N) is 1. The van der Waals surface area contributed by atoms with E-state index in [1.165, 1.54) is 23.2 Å². The van der Waals surface area contributed by atoms with Crippen LogP contribution in [0.3, 0.4) is 0 Å². The van der Waals surface area contributed by atoms with Crippen LogP contribution < -0.4 is 10.9 Å². The maximum absolute atomic E-state index is 12.7. The average molecular weight is 385 g/mol. The van der Waals surface area contributed by atoms with E-state index in [4.69, 9.17) is 4.42 Å². The quantitative estimate of drug-likeness (QED) is 0.552. The predicted molar refractivity (Wildman–Crippen MR) is 109 cm³/mol. The lowest BCUT2D eigenvalue weighted by atomic mass is 9.99. The van der Waals surface area contributed by atoms with Crippen molar-refractivity contribution in [1.29, 1.82) is 0 Å². The highest BCUT2D eigenvalue weighted by Crippen LogP contribution is 2.21. The van der Waals surface area contributed by atoms with E-state index in [0.29, 0.717) is 11.5 Å². The van der Waals surface area contributed by atoms with Crippen LogP contribution in [-0.2, 0) is 11.3 Å². The zero-order valence-corrected chi connectivity index (χ0v) is 15.6. The maximum atomic E-state index is 12.7. The molecule has 1 N–H and O–H groups in total. The van der Waals surface area contributed by atoms with Gasteiger partial charge in [-0.2, -0.15) is 0 Å². The van der Waals surface area contributed by atoms with Gasteiger partial charge in [0.15, 0.2) is 5.76 Å². The Balaban J connectivity index is 1.54. The van der Waals surface area contributed by atoms with Crippen molar-refractivity contribution in [3.05, 3.63) is 113 Å². The highest BCUT2D eigenvalue weighted by atomic mass is 16.3. The topological polar surface area (TPSA) is 77.1 Å². The molecule has 0 aliphatic rings. The first-order valence-corrected chi connectivity index (χ1v) is 9.20. The van der Waals surface area contributed by atoms with E-state index in [1.54, 1.807) is 12.1 Å². The van der Waals surface area contributed by atoms with Gasteiger partial charge in [0.2, 0.25) is 5.91 Å². The lowest BCUT2D eigenvalue weighted by Gasteiger charge is -2.20. The lowest BCUT2D eigenvalue weighted by molar-refractivity contribution is -0.122. The largest absolute Gasteiger partial charge is 0.463 e. The number of nitrogens with zero attached hydrogens (tertiary/aromatic N) is 2. The minimum atomic E-state index is -0.322. The van der Waals surface area contributed by atoms with Gasteiger partial charge < -0.3 is 9.73 Å². The van der Waals surface area contributed by atoms with Crippen molar-refractivity contribution in [1.82, 2.24) is 14.9 Å². The Labute approximate surface area is 167 Å². The number of rotatable bonds is 6. The zero-order chi connectivity index (χ0) is 20.1. The van der Waals surface area contributed by atoms with Gasteiger partial charge in [-0.1, -0.05) is 60.7 Å². The molecular weight excluding hydrogens is 366 g/mol. The van der Waals surface area contributed by atoms with Gasteiger partial charge in [-0.05, 0) is 23.3 Å². The number of furan rings is 1. The van der Waals surface area contributed by atoms with Crippen LogP contribution in [-0.4, -0.2) is 15.5 Å². The van der Waals surface area contributed by atoms with Crippen molar-refractivity contribution in [3.8, 4) is 11.5 Å². The first-order chi connectivity index (χ1) is 14.2. The highest BCUT2D eigenvalue weighted by Gasteiger charge is 2.17. The van der Waals surface area contributed by atoms with Gasteiger partial charge >= 0.3 is 0 Å². The molecule has 0 saturated heterocycles. The summed E-state index contributed by atoms with van der Waals surface area (Å²) in [5, 5.41) is 3.02. The SMILES string of the molecule is O=C(Cn1cnc(-c2ccco2)cc1=O)NC(c1ccccc1)c1ccccc1. The summed E-state index contributed by atoms with van der Waals surface area (Å²) in [5.41, 5.74) is 2.04. The minimum Gasteiger partial charge on any atom is -0.463 e. The van der Waals surface area contributed by atoms with E-state index in [-0.39, 0.29) is 24.1 Å². The molecule has 6 heteroatoms. The zero-order valence-electron chi connectivity index (χ0n) is 15.6. The van der Waals surface area contributed by atoms with Gasteiger partial charge in [0.1, 0.15) is 12.2 Å². The normalized spacial score (nSPS) is 10.8. The van der Waals surface area contributed by atoms with Gasteiger partial charge in [0, 0.05) is 6.07 Å². The smallest absolute Gasteiger partial charge is 0.254 e. The van der Waals surface area contributed by atoms with Crippen LogP contribution in [0.25, 0.3) is 11.5 Å². The Hall–Kier alpha value is -3.93. The molecule has 2 heterocycles. The molecule has 6 nitrogen and oxygen atoms in total. The average Bonchev–Trinajstić information content (AvgIpc) is 3.30. The summed E-state index contributed by atoms with van der Waals surface area (Å²) >= 11 is 0. The van der Waals surface area contributed by atoms with Crippen molar-refractivity contribution >= 4 is 5.91 Å². The molecule has 0 unspecified atom stereocenters. The molecule has 0 radical (unpaired) electrons. The van der Waals surface area contributed by atoms with Crippen LogP contribution >= 0.6 is 0 Å². The molecule has 0 aliphatic heterocycles. The van der Waals surface area contributed by atoms with Crippen LogP contribution in [0.1, 0.15) is 17.2 Å². The Kier molecular flexibility index (Phi) is 5.33. The first-order valence-electron chi connectivity index (χ1n) is 9.20. The number of carbonyl (C=O) groups is 1. The van der Waals surface area contributed by atoms with Crippen LogP contribution in [0.5, 0.6) is 0 Å². The molecule has 144 valence electrons. The molecule has 0 spiro atoms. The molecule has 2 aromatic heterocycles. The Bertz CT molecular complexity index is 1100. The monoisotopic (exact) mass is 385 g/mol. The van der Waals surface area contributed by atoms with Gasteiger partial charge in [0.05, 0.1) is 18.6 Å². The van der Waals surface area contributed by atoms with E-state index in [2.05, 4.69) is 10.3 Å². The molecule has 1 amide bonds. The third-order valence-electron chi connectivity index (χ3n) is 4.54. The number of benzene rings is 2. The second kappa shape index (κ2) is 8.39. The summed E-state index contributed by atoms with van der Waals surface area (Å²) in [6, 6.07) is 23.9. The van der Waals surface area contributed by atoms with E-state index >= 15 is 0 Å². The predicted octanol–water partition coefficient (Wildman–Crippen LogP) is 3.41. The maximum Gasteiger partial charge on any atom is 0.254 e. The summed E-state index contributed by atoms with van der Waals surface area (Å²) in [6.45, 7) is -0.125. The number of carbonyl (C=O) groups excluding carboxylic acids is 1. The van der Waals surface area contributed by atoms with Gasteiger partial charge in [-0.3, -0.25) is 14.2 Å². The second-order valence-corrected chi connectivity index (χ2v) is 6.54. The molecular formula is C23H19N3O3. The number of hydrogen-bond acceptors (Lipinski definition) is 4. The van der Waals surface area contributed by atoms with Crippen molar-refractivity contribution in [2.75, 3.05) is 0 Å². The minimum absolute atomic E-state index is 0.125. The van der Waals surface area contributed by atoms with Crippen molar-refractivity contribution in [2.24, 2.45) is 0 Å². The van der Waals surface area contributed by atoms with Gasteiger partial charge in [-0.15, -0.1) is 0 Å². The lowest BCUT2D eigenvalue weighted by Crippen LogP contribution is -2.35. The third-order valence-corrected chi connectivity index (χ3v) is 4.54. The summed E-state index contributed by atoms with van der Waals surface area (Å²) in [5.74, 6) is 0.226. The van der Waals surface area contributed by atoms with Crippen molar-refractivity contribution in [2.45, 2.75) is 12.6 Å². The summed E-state index contributed by atoms with van der Waals surface area (Å²) < 4.78 is 6.53. The number of hydrogen-bond donors (Lipinski definition) is 1. The number of amides is 1. The molecule has 0 bridgehead atoms. The van der Waals surface area contributed by atoms with Crippen LogP contribution in [0, 0.1) is 0 Å². The fraction of sp³-hybridized carbons (Fsp3) is 0.0870. The van der Waals surface area contributed by atoms with Gasteiger partial charge in [-0.25, -0.2) is 4.98 Å². The number of aromatic nitrogens is 2. The molecule has 0 saturated carbocycles. The molecule has 29 heavy (non-hydrogen) atoms. The third kappa shape index (κ3) is 4.32. The van der Waals surface area contributed by atoms with E-state index in [1.807, 2.05) is 60.7 Å². The van der Waals surface area contributed by atoms with Crippen molar-refractivity contribution < 1.29 is 9.21 Å². The van der Waals surface area contributed by atoms with Gasteiger partial charge in [0.25, 0.3) is 5.56 Å². The Morgan fingerprint density at radius 3 is 2.17 bits per heavy atom. The fourth-order valence-corrected chi connectivity index (χ4v) is 3.12. The fourth-order valence-electron chi connectivity index (χ4n) is 3.12. The molecule has 0 atom stereocenters. The van der Waals surface area contributed by atoms with Crippen LogP contribution in [0.2, 0.25) is 0 Å². The Morgan fingerprint density at radius 1 is 0.966 bits per heavy atom. The summed E-state index contributed by atoms with van der Waals surface area (Å²) in [6.07, 6.45) is 2.88. The van der Waals surface area contributed by atoms with E-state index < -0.39 is 0 Å². The van der Waals surface area contributed by atoms with Crippen LogP contribution in [0.15, 0.2) is 101 Å². The standard InChI is InChI=1S/C23H19N3O3/c27-21(15-26-16-24-19(14-22(26)28)20-12-7-13-29-20)25-23(17-8-3-1-4-9-17)18-10-5-2-6-11-18/h1-14,16,23H,15H2,(H,25,27). The molecule has 2 aromatic carbocycles. The summed E-state index contributed by atoms with van der Waals surface area (Å²) in [4.78, 5) is 29.3. The molecule has 0 fully saturated rings. The molecule has 4 aromatic rings. The first kappa shape index (κ1) is 18.4. The molecule has 4 rings (SSSR count). The second-order valence-electron chi connectivity index (χ2n) is 6.54. The van der Waals surface area contributed by atoms with Crippen molar-refractivity contribution in [3.63, 3.8) is 0 Å². The van der Waals surface area contributed by atoms with E-state index in [9.17, 15) is 9.59 Å². The van der Waals surface area contributed by atoms with E-state index in [0.717, 1.165) is 11.1 Å². The Morgan fingerprint density at radius 2 is 1.62 bits per heavy atom. The summed E-state index contributed by atoms with van der Waals surface area (Å²) in [7, 11) is 0. The molecule has 0 aliphatic carbocycles. The van der Waals surface area contributed by atoms with Crippen LogP contribution in [0.4, 0.5) is 0 Å².